The zero-order chi connectivity index (χ0) is 31.8. The van der Waals surface area contributed by atoms with Crippen molar-refractivity contribution in [2.24, 2.45) is 0 Å². The van der Waals surface area contributed by atoms with Crippen molar-refractivity contribution in [2.45, 2.75) is 20.5 Å². The van der Waals surface area contributed by atoms with Gasteiger partial charge in [-0.15, -0.1) is 0 Å². The molecule has 12 nitrogen and oxygen atoms in total. The van der Waals surface area contributed by atoms with Crippen molar-refractivity contribution in [2.75, 3.05) is 25.1 Å². The minimum atomic E-state index is -0.663. The standard InChI is InChI=1S/C30H26ClN3O9S/c1-3-41-25-13-18(9-12-24(25)43-17-19-7-5-6-8-23(19)34(39)40)14-26-28(36)33(30(38)44-26)16-27(35)32-20-10-11-22(31)21(15-20)29(37)42-4-2/h5-15H,3-4,16-17H2,1-2H3,(H,32,35)/b26-14+. The van der Waals surface area contributed by atoms with Gasteiger partial charge in [0.15, 0.2) is 11.5 Å². The summed E-state index contributed by atoms with van der Waals surface area (Å²) in [5.41, 5.74) is 1.13. The fraction of sp³-hybridized carbons (Fsp3) is 0.200. The molecule has 1 aliphatic rings. The first-order chi connectivity index (χ1) is 21.1. The van der Waals surface area contributed by atoms with Crippen LogP contribution < -0.4 is 14.8 Å². The van der Waals surface area contributed by atoms with Gasteiger partial charge in [0.05, 0.1) is 39.2 Å². The summed E-state index contributed by atoms with van der Waals surface area (Å²) in [6.07, 6.45) is 1.49. The number of nitrogens with zero attached hydrogens (tertiary/aromatic N) is 2. The number of thioether (sulfide) groups is 1. The van der Waals surface area contributed by atoms with Crippen LogP contribution in [0.2, 0.25) is 5.02 Å². The third-order valence-electron chi connectivity index (χ3n) is 6.06. The summed E-state index contributed by atoms with van der Waals surface area (Å²) < 4.78 is 16.5. The van der Waals surface area contributed by atoms with E-state index in [9.17, 15) is 29.3 Å². The summed E-state index contributed by atoms with van der Waals surface area (Å²) in [7, 11) is 0. The van der Waals surface area contributed by atoms with Crippen LogP contribution in [-0.2, 0) is 20.9 Å². The number of benzene rings is 3. The fourth-order valence-corrected chi connectivity index (χ4v) is 5.10. The minimum Gasteiger partial charge on any atom is -0.490 e. The Morgan fingerprint density at radius 3 is 2.52 bits per heavy atom. The van der Waals surface area contributed by atoms with Crippen LogP contribution in [0.15, 0.2) is 65.6 Å². The molecule has 0 spiro atoms. The number of nitro benzene ring substituents is 1. The van der Waals surface area contributed by atoms with E-state index >= 15 is 0 Å². The Labute approximate surface area is 261 Å². The number of para-hydroxylation sites is 1. The summed E-state index contributed by atoms with van der Waals surface area (Å²) in [5, 5.41) is 13.4. The smallest absolute Gasteiger partial charge is 0.339 e. The predicted molar refractivity (Wildman–Crippen MR) is 164 cm³/mol. The Hall–Kier alpha value is -4.88. The SMILES string of the molecule is CCOC(=O)c1cc(NC(=O)CN2C(=O)S/C(=C/c3ccc(OCc4ccccc4[N+](=O)[O-])c(OCC)c3)C2=O)ccc1Cl. The molecule has 228 valence electrons. The molecule has 0 saturated carbocycles. The van der Waals surface area contributed by atoms with Crippen molar-refractivity contribution in [3.05, 3.63) is 97.4 Å². The minimum absolute atomic E-state index is 0.0598. The molecule has 14 heteroatoms. The number of hydrogen-bond acceptors (Lipinski definition) is 10. The lowest BCUT2D eigenvalue weighted by Gasteiger charge is -2.14. The van der Waals surface area contributed by atoms with Gasteiger partial charge in [-0.3, -0.25) is 29.4 Å². The van der Waals surface area contributed by atoms with Crippen LogP contribution in [0.5, 0.6) is 11.5 Å². The molecule has 0 atom stereocenters. The summed E-state index contributed by atoms with van der Waals surface area (Å²) in [4.78, 5) is 62.2. The van der Waals surface area contributed by atoms with Gasteiger partial charge in [0, 0.05) is 11.8 Å². The van der Waals surface area contributed by atoms with Crippen LogP contribution in [0.3, 0.4) is 0 Å². The zero-order valence-corrected chi connectivity index (χ0v) is 25.1. The monoisotopic (exact) mass is 639 g/mol. The van der Waals surface area contributed by atoms with Gasteiger partial charge in [0.25, 0.3) is 16.8 Å². The second kappa shape index (κ2) is 14.5. The summed E-state index contributed by atoms with van der Waals surface area (Å²) in [6.45, 7) is 3.24. The number of carbonyl (C=O) groups excluding carboxylic acids is 4. The third-order valence-corrected chi connectivity index (χ3v) is 7.29. The van der Waals surface area contributed by atoms with E-state index in [0.29, 0.717) is 41.0 Å². The van der Waals surface area contributed by atoms with Crippen molar-refractivity contribution in [1.29, 1.82) is 0 Å². The number of anilines is 1. The number of halogens is 1. The molecule has 3 aromatic rings. The number of rotatable bonds is 12. The molecule has 0 aromatic heterocycles. The molecular weight excluding hydrogens is 614 g/mol. The maximum Gasteiger partial charge on any atom is 0.339 e. The van der Waals surface area contributed by atoms with Gasteiger partial charge in [-0.1, -0.05) is 29.8 Å². The van der Waals surface area contributed by atoms with E-state index < -0.39 is 34.5 Å². The van der Waals surface area contributed by atoms with Gasteiger partial charge in [0.2, 0.25) is 5.91 Å². The van der Waals surface area contributed by atoms with Crippen LogP contribution >= 0.6 is 23.4 Å². The highest BCUT2D eigenvalue weighted by molar-refractivity contribution is 8.18. The van der Waals surface area contributed by atoms with Crippen molar-refractivity contribution in [1.82, 2.24) is 4.90 Å². The Balaban J connectivity index is 1.45. The summed E-state index contributed by atoms with van der Waals surface area (Å²) >= 11 is 6.74. The third kappa shape index (κ3) is 7.74. The summed E-state index contributed by atoms with van der Waals surface area (Å²) in [5.74, 6) is -1.31. The maximum atomic E-state index is 13.0. The number of ether oxygens (including phenoxy) is 3. The molecule has 4 rings (SSSR count). The average Bonchev–Trinajstić information content (AvgIpc) is 3.25. The molecule has 0 aliphatic carbocycles. The lowest BCUT2D eigenvalue weighted by Crippen LogP contribution is -2.36. The lowest BCUT2D eigenvalue weighted by atomic mass is 10.1. The highest BCUT2D eigenvalue weighted by atomic mass is 35.5. The van der Waals surface area contributed by atoms with Gasteiger partial charge in [0.1, 0.15) is 13.2 Å². The van der Waals surface area contributed by atoms with Crippen molar-refractivity contribution in [3.8, 4) is 11.5 Å². The number of imide groups is 1. The molecule has 1 heterocycles. The number of nitro groups is 1. The van der Waals surface area contributed by atoms with Crippen LogP contribution in [-0.4, -0.2) is 52.6 Å². The highest BCUT2D eigenvalue weighted by Crippen LogP contribution is 2.35. The van der Waals surface area contributed by atoms with Crippen molar-refractivity contribution >= 4 is 63.8 Å². The average molecular weight is 640 g/mol. The van der Waals surface area contributed by atoms with Gasteiger partial charge in [-0.25, -0.2) is 4.79 Å². The first-order valence-corrected chi connectivity index (χ1v) is 14.4. The second-order valence-electron chi connectivity index (χ2n) is 9.04. The van der Waals surface area contributed by atoms with Gasteiger partial charge < -0.3 is 19.5 Å². The van der Waals surface area contributed by atoms with Gasteiger partial charge >= 0.3 is 5.97 Å². The molecule has 0 unspecified atom stereocenters. The Bertz CT molecular complexity index is 1660. The zero-order valence-electron chi connectivity index (χ0n) is 23.5. The number of hydrogen-bond donors (Lipinski definition) is 1. The van der Waals surface area contributed by atoms with E-state index in [4.69, 9.17) is 25.8 Å². The van der Waals surface area contributed by atoms with Crippen LogP contribution in [0.4, 0.5) is 16.2 Å². The summed E-state index contributed by atoms with van der Waals surface area (Å²) in [6, 6.07) is 15.3. The number of carbonyl (C=O) groups is 4. The molecule has 0 radical (unpaired) electrons. The molecule has 1 N–H and O–H groups in total. The quantitative estimate of drug-likeness (QED) is 0.107. The molecule has 3 aromatic carbocycles. The van der Waals surface area contributed by atoms with E-state index in [1.807, 2.05) is 0 Å². The Morgan fingerprint density at radius 2 is 1.80 bits per heavy atom. The molecule has 1 fully saturated rings. The van der Waals surface area contributed by atoms with E-state index in [1.165, 1.54) is 30.3 Å². The maximum absolute atomic E-state index is 13.0. The van der Waals surface area contributed by atoms with Crippen molar-refractivity contribution in [3.63, 3.8) is 0 Å². The highest BCUT2D eigenvalue weighted by Gasteiger charge is 2.36. The van der Waals surface area contributed by atoms with E-state index in [0.717, 1.165) is 4.90 Å². The molecule has 44 heavy (non-hydrogen) atoms. The molecular formula is C30H26ClN3O9S. The van der Waals surface area contributed by atoms with Crippen LogP contribution in [0.1, 0.15) is 35.3 Å². The van der Waals surface area contributed by atoms with Gasteiger partial charge in [-0.05, 0) is 73.6 Å². The largest absolute Gasteiger partial charge is 0.490 e. The normalized spacial score (nSPS) is 13.6. The molecule has 0 bridgehead atoms. The first-order valence-electron chi connectivity index (χ1n) is 13.2. The van der Waals surface area contributed by atoms with E-state index in [1.54, 1.807) is 50.2 Å². The fourth-order valence-electron chi connectivity index (χ4n) is 4.07. The van der Waals surface area contributed by atoms with Crippen molar-refractivity contribution < 1.29 is 38.3 Å². The first kappa shape index (κ1) is 32.0. The van der Waals surface area contributed by atoms with E-state index in [2.05, 4.69) is 5.32 Å². The molecule has 3 amide bonds. The lowest BCUT2D eigenvalue weighted by molar-refractivity contribution is -0.385. The van der Waals surface area contributed by atoms with Crippen LogP contribution in [0.25, 0.3) is 6.08 Å². The topological polar surface area (TPSA) is 154 Å². The van der Waals surface area contributed by atoms with Gasteiger partial charge in [-0.2, -0.15) is 0 Å². The van der Waals surface area contributed by atoms with E-state index in [-0.39, 0.29) is 40.1 Å². The number of amides is 3. The Morgan fingerprint density at radius 1 is 1.02 bits per heavy atom. The Kier molecular flexibility index (Phi) is 10.6. The predicted octanol–water partition coefficient (Wildman–Crippen LogP) is 6.08. The molecule has 1 saturated heterocycles. The molecule has 1 aliphatic heterocycles. The number of nitrogens with one attached hydrogen (secondary N) is 1. The number of esters is 1. The van der Waals surface area contributed by atoms with Crippen LogP contribution in [0, 0.1) is 10.1 Å². The second-order valence-corrected chi connectivity index (χ2v) is 10.4.